The summed E-state index contributed by atoms with van der Waals surface area (Å²) in [5.74, 6) is 1.18. The first-order valence-electron chi connectivity index (χ1n) is 6.16. The van der Waals surface area contributed by atoms with Crippen molar-refractivity contribution in [2.24, 2.45) is 0 Å². The number of rotatable bonds is 2. The van der Waals surface area contributed by atoms with Gasteiger partial charge in [0.05, 0.1) is 17.1 Å². The summed E-state index contributed by atoms with van der Waals surface area (Å²) in [7, 11) is 0. The summed E-state index contributed by atoms with van der Waals surface area (Å²) in [5, 5.41) is 9.77. The standard InChI is InChI=1S/C16H11N3O/c1-11-14-6-7-16(19-15(14)8-9-18-11)20-13-4-2-12(10-17)3-5-13/h2-9H,1H3. The molecule has 0 aliphatic rings. The van der Waals surface area contributed by atoms with Crippen molar-refractivity contribution in [2.75, 3.05) is 0 Å². The van der Waals surface area contributed by atoms with Crippen molar-refractivity contribution in [3.63, 3.8) is 0 Å². The van der Waals surface area contributed by atoms with Crippen LogP contribution >= 0.6 is 0 Å². The van der Waals surface area contributed by atoms with E-state index in [4.69, 9.17) is 10.00 Å². The van der Waals surface area contributed by atoms with Crippen molar-refractivity contribution in [1.29, 1.82) is 5.26 Å². The van der Waals surface area contributed by atoms with E-state index in [9.17, 15) is 0 Å². The zero-order valence-electron chi connectivity index (χ0n) is 10.9. The molecule has 96 valence electrons. The predicted octanol–water partition coefficient (Wildman–Crippen LogP) is 3.60. The van der Waals surface area contributed by atoms with Gasteiger partial charge in [-0.3, -0.25) is 4.98 Å². The lowest BCUT2D eigenvalue weighted by Gasteiger charge is -2.06. The van der Waals surface area contributed by atoms with E-state index in [0.717, 1.165) is 16.6 Å². The molecule has 0 unspecified atom stereocenters. The molecule has 0 spiro atoms. The lowest BCUT2D eigenvalue weighted by atomic mass is 10.2. The molecular weight excluding hydrogens is 250 g/mol. The quantitative estimate of drug-likeness (QED) is 0.707. The van der Waals surface area contributed by atoms with Gasteiger partial charge < -0.3 is 4.74 Å². The molecule has 0 saturated carbocycles. The molecule has 2 aromatic heterocycles. The third-order valence-corrected chi connectivity index (χ3v) is 3.00. The minimum atomic E-state index is 0.521. The summed E-state index contributed by atoms with van der Waals surface area (Å²) >= 11 is 0. The number of benzene rings is 1. The van der Waals surface area contributed by atoms with Gasteiger partial charge in [0, 0.05) is 23.3 Å². The highest BCUT2D eigenvalue weighted by Crippen LogP contribution is 2.23. The molecule has 2 heterocycles. The van der Waals surface area contributed by atoms with Crippen LogP contribution < -0.4 is 4.74 Å². The number of ether oxygens (including phenoxy) is 1. The summed E-state index contributed by atoms with van der Waals surface area (Å²) in [6.45, 7) is 1.95. The van der Waals surface area contributed by atoms with E-state index >= 15 is 0 Å². The minimum Gasteiger partial charge on any atom is -0.439 e. The van der Waals surface area contributed by atoms with Crippen LogP contribution in [0.5, 0.6) is 11.6 Å². The van der Waals surface area contributed by atoms with Crippen molar-refractivity contribution in [2.45, 2.75) is 6.92 Å². The van der Waals surface area contributed by atoms with E-state index in [1.807, 2.05) is 25.1 Å². The molecular formula is C16H11N3O. The fourth-order valence-electron chi connectivity index (χ4n) is 1.95. The third-order valence-electron chi connectivity index (χ3n) is 3.00. The lowest BCUT2D eigenvalue weighted by Crippen LogP contribution is -1.91. The fourth-order valence-corrected chi connectivity index (χ4v) is 1.95. The number of pyridine rings is 2. The van der Waals surface area contributed by atoms with E-state index in [2.05, 4.69) is 16.0 Å². The molecule has 0 saturated heterocycles. The van der Waals surface area contributed by atoms with Gasteiger partial charge in [-0.05, 0) is 43.3 Å². The maximum Gasteiger partial charge on any atom is 0.219 e. The number of nitriles is 1. The molecule has 0 amide bonds. The molecule has 0 aliphatic heterocycles. The minimum absolute atomic E-state index is 0.521. The maximum absolute atomic E-state index is 8.75. The summed E-state index contributed by atoms with van der Waals surface area (Å²) in [5.41, 5.74) is 2.40. The van der Waals surface area contributed by atoms with Crippen LogP contribution in [0, 0.1) is 18.3 Å². The predicted molar refractivity (Wildman–Crippen MR) is 75.5 cm³/mol. The molecule has 4 nitrogen and oxygen atoms in total. The van der Waals surface area contributed by atoms with Crippen LogP contribution in [-0.4, -0.2) is 9.97 Å². The Morgan fingerprint density at radius 1 is 1.05 bits per heavy atom. The molecule has 3 rings (SSSR count). The number of fused-ring (bicyclic) bond motifs is 1. The van der Waals surface area contributed by atoms with Crippen molar-refractivity contribution < 1.29 is 4.74 Å². The Hall–Kier alpha value is -2.93. The molecule has 3 aromatic rings. The van der Waals surface area contributed by atoms with E-state index in [0.29, 0.717) is 17.2 Å². The first-order valence-corrected chi connectivity index (χ1v) is 6.16. The molecule has 0 atom stereocenters. The second-order valence-corrected chi connectivity index (χ2v) is 4.35. The summed E-state index contributed by atoms with van der Waals surface area (Å²) in [6, 6.07) is 14.6. The number of aryl methyl sites for hydroxylation is 1. The highest BCUT2D eigenvalue weighted by molar-refractivity contribution is 5.80. The number of aromatic nitrogens is 2. The molecule has 0 bridgehead atoms. The Balaban J connectivity index is 1.92. The zero-order valence-corrected chi connectivity index (χ0v) is 10.9. The van der Waals surface area contributed by atoms with Crippen molar-refractivity contribution in [1.82, 2.24) is 9.97 Å². The smallest absolute Gasteiger partial charge is 0.219 e. The van der Waals surface area contributed by atoms with Gasteiger partial charge in [0.25, 0.3) is 0 Å². The first-order chi connectivity index (χ1) is 9.76. The average Bonchev–Trinajstić information content (AvgIpc) is 2.48. The van der Waals surface area contributed by atoms with E-state index in [1.54, 1.807) is 30.5 Å². The molecule has 0 fully saturated rings. The third kappa shape index (κ3) is 2.29. The second-order valence-electron chi connectivity index (χ2n) is 4.35. The Kier molecular flexibility index (Phi) is 3.02. The Morgan fingerprint density at radius 2 is 1.85 bits per heavy atom. The number of nitrogens with zero attached hydrogens (tertiary/aromatic N) is 3. The van der Waals surface area contributed by atoms with Crippen LogP contribution in [0.25, 0.3) is 10.9 Å². The van der Waals surface area contributed by atoms with Crippen LogP contribution in [0.2, 0.25) is 0 Å². The molecule has 0 radical (unpaired) electrons. The topological polar surface area (TPSA) is 58.8 Å². The Morgan fingerprint density at radius 3 is 2.60 bits per heavy atom. The van der Waals surface area contributed by atoms with E-state index < -0.39 is 0 Å². The fraction of sp³-hybridized carbons (Fsp3) is 0.0625. The average molecular weight is 261 g/mol. The maximum atomic E-state index is 8.75. The highest BCUT2D eigenvalue weighted by Gasteiger charge is 2.03. The second kappa shape index (κ2) is 4.98. The lowest BCUT2D eigenvalue weighted by molar-refractivity contribution is 0.465. The van der Waals surface area contributed by atoms with Crippen LogP contribution in [0.15, 0.2) is 48.7 Å². The highest BCUT2D eigenvalue weighted by atomic mass is 16.5. The first kappa shape index (κ1) is 12.1. The van der Waals surface area contributed by atoms with Crippen LogP contribution in [0.3, 0.4) is 0 Å². The number of hydrogen-bond donors (Lipinski definition) is 0. The van der Waals surface area contributed by atoms with Crippen molar-refractivity contribution in [3.8, 4) is 17.7 Å². The largest absolute Gasteiger partial charge is 0.439 e. The molecule has 20 heavy (non-hydrogen) atoms. The van der Waals surface area contributed by atoms with Gasteiger partial charge in [0.1, 0.15) is 5.75 Å². The Bertz CT molecular complexity index is 804. The van der Waals surface area contributed by atoms with Gasteiger partial charge in [-0.2, -0.15) is 5.26 Å². The summed E-state index contributed by atoms with van der Waals surface area (Å²) < 4.78 is 5.68. The van der Waals surface area contributed by atoms with E-state index in [-0.39, 0.29) is 0 Å². The van der Waals surface area contributed by atoms with Crippen LogP contribution in [0.4, 0.5) is 0 Å². The van der Waals surface area contributed by atoms with Crippen LogP contribution in [-0.2, 0) is 0 Å². The van der Waals surface area contributed by atoms with Gasteiger partial charge in [-0.25, -0.2) is 4.98 Å². The molecule has 1 aromatic carbocycles. The summed E-state index contributed by atoms with van der Waals surface area (Å²) in [6.07, 6.45) is 1.73. The SMILES string of the molecule is Cc1nccc2nc(Oc3ccc(C#N)cc3)ccc12. The van der Waals surface area contributed by atoms with Gasteiger partial charge in [0.15, 0.2) is 0 Å². The van der Waals surface area contributed by atoms with Gasteiger partial charge in [-0.15, -0.1) is 0 Å². The molecule has 0 aliphatic carbocycles. The van der Waals surface area contributed by atoms with E-state index in [1.165, 1.54) is 0 Å². The van der Waals surface area contributed by atoms with Gasteiger partial charge >= 0.3 is 0 Å². The zero-order chi connectivity index (χ0) is 13.9. The molecule has 4 heteroatoms. The van der Waals surface area contributed by atoms with Crippen LogP contribution in [0.1, 0.15) is 11.3 Å². The summed E-state index contributed by atoms with van der Waals surface area (Å²) in [4.78, 5) is 8.68. The van der Waals surface area contributed by atoms with Crippen molar-refractivity contribution >= 4 is 10.9 Å². The number of hydrogen-bond acceptors (Lipinski definition) is 4. The Labute approximate surface area is 116 Å². The monoisotopic (exact) mass is 261 g/mol. The normalized spacial score (nSPS) is 10.2. The van der Waals surface area contributed by atoms with Crippen molar-refractivity contribution in [3.05, 3.63) is 59.9 Å². The van der Waals surface area contributed by atoms with Gasteiger partial charge in [0.2, 0.25) is 5.88 Å². The molecule has 0 N–H and O–H groups in total. The van der Waals surface area contributed by atoms with Gasteiger partial charge in [-0.1, -0.05) is 0 Å².